The number of hydrogen-bond donors (Lipinski definition) is 2. The standard InChI is InChI=1S/C16H13BrFNO2/c17-10-5-6-12(13(18)8-10)16(21)19-15-11-4-2-1-3-9(11)7-14(15)20/h1-6,8,14-15,20H,7H2,(H,19,21). The Hall–Kier alpha value is -1.72. The maximum atomic E-state index is 13.8. The Morgan fingerprint density at radius 2 is 2.05 bits per heavy atom. The van der Waals surface area contributed by atoms with Gasteiger partial charge in [-0.2, -0.15) is 0 Å². The van der Waals surface area contributed by atoms with Crippen molar-refractivity contribution in [1.82, 2.24) is 5.32 Å². The minimum absolute atomic E-state index is 0.0326. The number of carbonyl (C=O) groups excluding carboxylic acids is 1. The van der Waals surface area contributed by atoms with E-state index >= 15 is 0 Å². The highest BCUT2D eigenvalue weighted by atomic mass is 79.9. The summed E-state index contributed by atoms with van der Waals surface area (Å²) in [6, 6.07) is 11.3. The van der Waals surface area contributed by atoms with E-state index in [0.717, 1.165) is 11.1 Å². The molecule has 1 aliphatic carbocycles. The van der Waals surface area contributed by atoms with Gasteiger partial charge in [0.2, 0.25) is 0 Å². The third-order valence-corrected chi connectivity index (χ3v) is 4.16. The maximum absolute atomic E-state index is 13.8. The van der Waals surface area contributed by atoms with Crippen LogP contribution in [-0.2, 0) is 6.42 Å². The van der Waals surface area contributed by atoms with Gasteiger partial charge in [-0.1, -0.05) is 40.2 Å². The largest absolute Gasteiger partial charge is 0.390 e. The molecule has 1 amide bonds. The van der Waals surface area contributed by atoms with Gasteiger partial charge in [0.25, 0.3) is 5.91 Å². The van der Waals surface area contributed by atoms with E-state index in [1.807, 2.05) is 24.3 Å². The summed E-state index contributed by atoms with van der Waals surface area (Å²) in [4.78, 5) is 12.2. The van der Waals surface area contributed by atoms with E-state index in [2.05, 4.69) is 21.2 Å². The van der Waals surface area contributed by atoms with Crippen LogP contribution in [0.25, 0.3) is 0 Å². The van der Waals surface area contributed by atoms with Crippen LogP contribution in [0.5, 0.6) is 0 Å². The van der Waals surface area contributed by atoms with E-state index in [4.69, 9.17) is 0 Å². The Morgan fingerprint density at radius 1 is 1.29 bits per heavy atom. The highest BCUT2D eigenvalue weighted by Gasteiger charge is 2.32. The third-order valence-electron chi connectivity index (χ3n) is 3.67. The highest BCUT2D eigenvalue weighted by molar-refractivity contribution is 9.10. The van der Waals surface area contributed by atoms with E-state index in [-0.39, 0.29) is 5.56 Å². The van der Waals surface area contributed by atoms with Crippen molar-refractivity contribution in [3.05, 3.63) is 69.4 Å². The Balaban J connectivity index is 1.85. The zero-order valence-electron chi connectivity index (χ0n) is 11.0. The molecule has 0 saturated carbocycles. The number of carbonyl (C=O) groups is 1. The molecule has 2 unspecified atom stereocenters. The van der Waals surface area contributed by atoms with Gasteiger partial charge in [0, 0.05) is 10.9 Å². The van der Waals surface area contributed by atoms with Gasteiger partial charge in [-0.25, -0.2) is 4.39 Å². The number of hydrogen-bond acceptors (Lipinski definition) is 2. The first kappa shape index (κ1) is 14.2. The van der Waals surface area contributed by atoms with Crippen LogP contribution in [0.3, 0.4) is 0 Å². The predicted octanol–water partition coefficient (Wildman–Crippen LogP) is 2.98. The van der Waals surface area contributed by atoms with Gasteiger partial charge in [0.15, 0.2) is 0 Å². The molecule has 2 aromatic rings. The van der Waals surface area contributed by atoms with Gasteiger partial charge < -0.3 is 10.4 Å². The van der Waals surface area contributed by atoms with Crippen molar-refractivity contribution >= 4 is 21.8 Å². The maximum Gasteiger partial charge on any atom is 0.254 e. The second-order valence-corrected chi connectivity index (χ2v) is 5.96. The lowest BCUT2D eigenvalue weighted by atomic mass is 10.1. The first-order valence-electron chi connectivity index (χ1n) is 6.58. The van der Waals surface area contributed by atoms with Crippen molar-refractivity contribution in [1.29, 1.82) is 0 Å². The smallest absolute Gasteiger partial charge is 0.254 e. The van der Waals surface area contributed by atoms with Crippen molar-refractivity contribution in [3.8, 4) is 0 Å². The fourth-order valence-electron chi connectivity index (χ4n) is 2.64. The lowest BCUT2D eigenvalue weighted by Crippen LogP contribution is -2.34. The van der Waals surface area contributed by atoms with Crippen LogP contribution in [0.2, 0.25) is 0 Å². The topological polar surface area (TPSA) is 49.3 Å². The van der Waals surface area contributed by atoms with E-state index in [1.165, 1.54) is 12.1 Å². The molecule has 0 saturated heterocycles. The molecule has 0 radical (unpaired) electrons. The van der Waals surface area contributed by atoms with Crippen LogP contribution in [0, 0.1) is 5.82 Å². The number of benzene rings is 2. The fraction of sp³-hybridized carbons (Fsp3) is 0.188. The predicted molar refractivity (Wildman–Crippen MR) is 80.5 cm³/mol. The quantitative estimate of drug-likeness (QED) is 0.875. The number of amides is 1. The molecule has 21 heavy (non-hydrogen) atoms. The average molecular weight is 350 g/mol. The zero-order valence-corrected chi connectivity index (χ0v) is 12.6. The van der Waals surface area contributed by atoms with E-state index < -0.39 is 23.9 Å². The summed E-state index contributed by atoms with van der Waals surface area (Å²) in [6.07, 6.45) is -0.200. The van der Waals surface area contributed by atoms with Crippen molar-refractivity contribution in [2.45, 2.75) is 18.6 Å². The minimum atomic E-state index is -0.690. The van der Waals surface area contributed by atoms with Gasteiger partial charge in [0.05, 0.1) is 17.7 Å². The monoisotopic (exact) mass is 349 g/mol. The molecule has 0 aliphatic heterocycles. The zero-order chi connectivity index (χ0) is 15.0. The van der Waals surface area contributed by atoms with Crippen LogP contribution in [0.1, 0.15) is 27.5 Å². The van der Waals surface area contributed by atoms with Crippen molar-refractivity contribution in [3.63, 3.8) is 0 Å². The molecule has 108 valence electrons. The van der Waals surface area contributed by atoms with Crippen LogP contribution < -0.4 is 5.32 Å². The number of halogens is 2. The molecule has 0 spiro atoms. The summed E-state index contributed by atoms with van der Waals surface area (Å²) in [5.74, 6) is -1.12. The first-order valence-corrected chi connectivity index (χ1v) is 7.37. The van der Waals surface area contributed by atoms with Crippen molar-refractivity contribution in [2.75, 3.05) is 0 Å². The number of nitrogens with one attached hydrogen (secondary N) is 1. The van der Waals surface area contributed by atoms with Crippen LogP contribution >= 0.6 is 15.9 Å². The van der Waals surface area contributed by atoms with Crippen molar-refractivity contribution < 1.29 is 14.3 Å². The van der Waals surface area contributed by atoms with E-state index in [9.17, 15) is 14.3 Å². The molecule has 1 aliphatic rings. The normalized spacial score (nSPS) is 20.1. The first-order chi connectivity index (χ1) is 10.1. The molecule has 2 atom stereocenters. The Morgan fingerprint density at radius 3 is 2.81 bits per heavy atom. The summed E-state index contributed by atoms with van der Waals surface area (Å²) in [6.45, 7) is 0. The van der Waals surface area contributed by atoms with Crippen LogP contribution in [-0.4, -0.2) is 17.1 Å². The summed E-state index contributed by atoms with van der Waals surface area (Å²) in [5.41, 5.74) is 1.86. The number of aliphatic hydroxyl groups excluding tert-OH is 1. The second kappa shape index (κ2) is 5.58. The molecule has 0 bridgehead atoms. The molecule has 0 heterocycles. The summed E-state index contributed by atoms with van der Waals surface area (Å²) in [7, 11) is 0. The lowest BCUT2D eigenvalue weighted by Gasteiger charge is -2.18. The minimum Gasteiger partial charge on any atom is -0.390 e. The summed E-state index contributed by atoms with van der Waals surface area (Å²) in [5, 5.41) is 12.8. The third kappa shape index (κ3) is 2.71. The Kier molecular flexibility index (Phi) is 3.78. The molecular formula is C16H13BrFNO2. The number of fused-ring (bicyclic) bond motifs is 1. The molecule has 2 aromatic carbocycles. The molecule has 2 N–H and O–H groups in total. The molecule has 0 fully saturated rings. The molecule has 0 aromatic heterocycles. The molecule has 3 nitrogen and oxygen atoms in total. The van der Waals surface area contributed by atoms with E-state index in [1.54, 1.807) is 6.07 Å². The van der Waals surface area contributed by atoms with Gasteiger partial charge in [-0.3, -0.25) is 4.79 Å². The fourth-order valence-corrected chi connectivity index (χ4v) is 2.97. The van der Waals surface area contributed by atoms with Gasteiger partial charge in [0.1, 0.15) is 5.82 Å². The molecule has 3 rings (SSSR count). The molecule has 5 heteroatoms. The Bertz CT molecular complexity index is 704. The van der Waals surface area contributed by atoms with Gasteiger partial charge >= 0.3 is 0 Å². The van der Waals surface area contributed by atoms with Gasteiger partial charge in [-0.15, -0.1) is 0 Å². The SMILES string of the molecule is O=C(NC1c2ccccc2CC1O)c1ccc(Br)cc1F. The molecular weight excluding hydrogens is 337 g/mol. The summed E-state index contributed by atoms with van der Waals surface area (Å²) >= 11 is 3.15. The average Bonchev–Trinajstić information content (AvgIpc) is 2.75. The van der Waals surface area contributed by atoms with Crippen LogP contribution in [0.4, 0.5) is 4.39 Å². The summed E-state index contributed by atoms with van der Waals surface area (Å²) < 4.78 is 14.4. The number of rotatable bonds is 2. The Labute approximate surface area is 129 Å². The van der Waals surface area contributed by atoms with Gasteiger partial charge in [-0.05, 0) is 29.3 Å². The van der Waals surface area contributed by atoms with Crippen molar-refractivity contribution in [2.24, 2.45) is 0 Å². The van der Waals surface area contributed by atoms with Crippen LogP contribution in [0.15, 0.2) is 46.9 Å². The van der Waals surface area contributed by atoms with E-state index in [0.29, 0.717) is 10.9 Å². The highest BCUT2D eigenvalue weighted by Crippen LogP contribution is 2.31. The lowest BCUT2D eigenvalue weighted by molar-refractivity contribution is 0.0854. The second-order valence-electron chi connectivity index (χ2n) is 5.05. The number of aliphatic hydroxyl groups is 1.